The summed E-state index contributed by atoms with van der Waals surface area (Å²) in [5.74, 6) is 0. The zero-order valence-corrected chi connectivity index (χ0v) is 10.0. The second-order valence-corrected chi connectivity index (χ2v) is 4.32. The normalized spacial score (nSPS) is 10.4. The molecule has 0 heterocycles. The third kappa shape index (κ3) is 1.81. The zero-order valence-electron chi connectivity index (χ0n) is 10.0. The van der Waals surface area contributed by atoms with E-state index in [1.54, 1.807) is 0 Å². The number of nitrogen functional groups attached to an aromatic ring is 1. The monoisotopic (exact) mass is 211 g/mol. The van der Waals surface area contributed by atoms with Crippen LogP contribution in [0.2, 0.25) is 0 Å². The maximum absolute atomic E-state index is 5.95. The number of aryl methyl sites for hydroxylation is 2. The van der Waals surface area contributed by atoms with Crippen molar-refractivity contribution in [2.24, 2.45) is 0 Å². The van der Waals surface area contributed by atoms with E-state index in [4.69, 9.17) is 5.73 Å². The van der Waals surface area contributed by atoms with Crippen LogP contribution >= 0.6 is 0 Å². The van der Waals surface area contributed by atoms with Gasteiger partial charge in [0.05, 0.1) is 0 Å². The van der Waals surface area contributed by atoms with Crippen LogP contribution in [0.4, 0.5) is 5.69 Å². The smallest absolute Gasteiger partial charge is 0.0349 e. The molecule has 0 saturated heterocycles. The Morgan fingerprint density at radius 3 is 2.31 bits per heavy atom. The van der Waals surface area contributed by atoms with Crippen molar-refractivity contribution in [3.05, 3.63) is 53.1 Å². The standard InChI is InChI=1S/C15H17N/c1-10-5-4-6-14(12(10)3)13-8-7-11(2)15(16)9-13/h4-9H,16H2,1-3H3. The molecule has 0 aliphatic carbocycles. The van der Waals surface area contributed by atoms with Gasteiger partial charge in [0.15, 0.2) is 0 Å². The lowest BCUT2D eigenvalue weighted by Crippen LogP contribution is -1.92. The maximum Gasteiger partial charge on any atom is 0.0349 e. The Labute approximate surface area is 96.9 Å². The number of benzene rings is 2. The van der Waals surface area contributed by atoms with Gasteiger partial charge in [0.25, 0.3) is 0 Å². The second-order valence-electron chi connectivity index (χ2n) is 4.32. The van der Waals surface area contributed by atoms with Gasteiger partial charge >= 0.3 is 0 Å². The summed E-state index contributed by atoms with van der Waals surface area (Å²) < 4.78 is 0. The van der Waals surface area contributed by atoms with Gasteiger partial charge in [-0.05, 0) is 54.7 Å². The van der Waals surface area contributed by atoms with Crippen LogP contribution in [0.25, 0.3) is 11.1 Å². The first-order chi connectivity index (χ1) is 7.59. The van der Waals surface area contributed by atoms with E-state index in [1.165, 1.54) is 22.3 Å². The van der Waals surface area contributed by atoms with Crippen molar-refractivity contribution in [2.75, 3.05) is 5.73 Å². The highest BCUT2D eigenvalue weighted by molar-refractivity contribution is 5.72. The Morgan fingerprint density at radius 1 is 0.875 bits per heavy atom. The molecule has 0 aliphatic heterocycles. The average molecular weight is 211 g/mol. The lowest BCUT2D eigenvalue weighted by molar-refractivity contribution is 1.34. The molecule has 82 valence electrons. The molecule has 2 aromatic carbocycles. The van der Waals surface area contributed by atoms with Crippen LogP contribution in [0.15, 0.2) is 36.4 Å². The van der Waals surface area contributed by atoms with E-state index in [-0.39, 0.29) is 0 Å². The molecule has 0 atom stereocenters. The Bertz CT molecular complexity index is 527. The second kappa shape index (κ2) is 4.01. The number of hydrogen-bond donors (Lipinski definition) is 1. The minimum absolute atomic E-state index is 0.860. The molecule has 2 rings (SSSR count). The predicted octanol–water partition coefficient (Wildman–Crippen LogP) is 3.86. The van der Waals surface area contributed by atoms with E-state index in [0.29, 0.717) is 0 Å². The number of nitrogens with two attached hydrogens (primary N) is 1. The van der Waals surface area contributed by atoms with E-state index in [2.05, 4.69) is 50.2 Å². The van der Waals surface area contributed by atoms with E-state index in [9.17, 15) is 0 Å². The van der Waals surface area contributed by atoms with Crippen LogP contribution in [-0.2, 0) is 0 Å². The fourth-order valence-corrected chi connectivity index (χ4v) is 1.87. The minimum atomic E-state index is 0.860. The first-order valence-electron chi connectivity index (χ1n) is 5.52. The number of rotatable bonds is 1. The molecule has 1 nitrogen and oxygen atoms in total. The minimum Gasteiger partial charge on any atom is -0.398 e. The highest BCUT2D eigenvalue weighted by Crippen LogP contribution is 2.27. The molecule has 0 saturated carbocycles. The van der Waals surface area contributed by atoms with Gasteiger partial charge in [0, 0.05) is 5.69 Å². The molecule has 0 fully saturated rings. The van der Waals surface area contributed by atoms with Gasteiger partial charge in [-0.2, -0.15) is 0 Å². The van der Waals surface area contributed by atoms with Gasteiger partial charge in [-0.25, -0.2) is 0 Å². The summed E-state index contributed by atoms with van der Waals surface area (Å²) in [6.45, 7) is 6.32. The molecule has 0 unspecified atom stereocenters. The van der Waals surface area contributed by atoms with Crippen LogP contribution < -0.4 is 5.73 Å². The van der Waals surface area contributed by atoms with Gasteiger partial charge in [-0.15, -0.1) is 0 Å². The Kier molecular flexibility index (Phi) is 2.69. The molecular weight excluding hydrogens is 194 g/mol. The Morgan fingerprint density at radius 2 is 1.62 bits per heavy atom. The molecule has 16 heavy (non-hydrogen) atoms. The Balaban J connectivity index is 2.59. The van der Waals surface area contributed by atoms with Crippen LogP contribution in [0.3, 0.4) is 0 Å². The highest BCUT2D eigenvalue weighted by atomic mass is 14.6. The van der Waals surface area contributed by atoms with Crippen LogP contribution in [0.1, 0.15) is 16.7 Å². The maximum atomic E-state index is 5.95. The molecule has 0 aliphatic rings. The van der Waals surface area contributed by atoms with Gasteiger partial charge in [0.1, 0.15) is 0 Å². The zero-order chi connectivity index (χ0) is 11.7. The van der Waals surface area contributed by atoms with Gasteiger partial charge in [-0.3, -0.25) is 0 Å². The molecule has 2 N–H and O–H groups in total. The molecule has 1 heteroatoms. The van der Waals surface area contributed by atoms with Crippen molar-refractivity contribution < 1.29 is 0 Å². The summed E-state index contributed by atoms with van der Waals surface area (Å²) >= 11 is 0. The van der Waals surface area contributed by atoms with Crippen molar-refractivity contribution in [3.63, 3.8) is 0 Å². The highest BCUT2D eigenvalue weighted by Gasteiger charge is 2.04. The molecule has 0 radical (unpaired) electrons. The fourth-order valence-electron chi connectivity index (χ4n) is 1.87. The number of hydrogen-bond acceptors (Lipinski definition) is 1. The van der Waals surface area contributed by atoms with Gasteiger partial charge < -0.3 is 5.73 Å². The van der Waals surface area contributed by atoms with E-state index in [1.807, 2.05) is 6.92 Å². The summed E-state index contributed by atoms with van der Waals surface area (Å²) in [5, 5.41) is 0. The summed E-state index contributed by atoms with van der Waals surface area (Å²) in [6, 6.07) is 12.6. The molecule has 2 aromatic rings. The first kappa shape index (κ1) is 10.7. The van der Waals surface area contributed by atoms with Crippen molar-refractivity contribution in [2.45, 2.75) is 20.8 Å². The van der Waals surface area contributed by atoms with Crippen molar-refractivity contribution in [1.29, 1.82) is 0 Å². The lowest BCUT2D eigenvalue weighted by Gasteiger charge is -2.10. The summed E-state index contributed by atoms with van der Waals surface area (Å²) in [4.78, 5) is 0. The SMILES string of the molecule is Cc1ccc(-c2cccc(C)c2C)cc1N. The topological polar surface area (TPSA) is 26.0 Å². The van der Waals surface area contributed by atoms with E-state index >= 15 is 0 Å². The average Bonchev–Trinajstić information content (AvgIpc) is 2.26. The van der Waals surface area contributed by atoms with Gasteiger partial charge in [0.2, 0.25) is 0 Å². The van der Waals surface area contributed by atoms with Crippen molar-refractivity contribution >= 4 is 5.69 Å². The third-order valence-electron chi connectivity index (χ3n) is 3.19. The van der Waals surface area contributed by atoms with Crippen molar-refractivity contribution in [3.8, 4) is 11.1 Å². The van der Waals surface area contributed by atoms with Crippen molar-refractivity contribution in [1.82, 2.24) is 0 Å². The van der Waals surface area contributed by atoms with E-state index < -0.39 is 0 Å². The molecule has 0 aromatic heterocycles. The molecular formula is C15H17N. The van der Waals surface area contributed by atoms with Gasteiger partial charge in [-0.1, -0.05) is 30.3 Å². The largest absolute Gasteiger partial charge is 0.398 e. The molecule has 0 bridgehead atoms. The number of anilines is 1. The van der Waals surface area contributed by atoms with Crippen LogP contribution in [0, 0.1) is 20.8 Å². The Hall–Kier alpha value is -1.76. The van der Waals surface area contributed by atoms with E-state index in [0.717, 1.165) is 11.3 Å². The fraction of sp³-hybridized carbons (Fsp3) is 0.200. The lowest BCUT2D eigenvalue weighted by atomic mass is 9.96. The van der Waals surface area contributed by atoms with Crippen LogP contribution in [0.5, 0.6) is 0 Å². The van der Waals surface area contributed by atoms with Crippen LogP contribution in [-0.4, -0.2) is 0 Å². The first-order valence-corrected chi connectivity index (χ1v) is 5.52. The molecule has 0 spiro atoms. The third-order valence-corrected chi connectivity index (χ3v) is 3.19. The summed E-state index contributed by atoms with van der Waals surface area (Å²) in [6.07, 6.45) is 0. The molecule has 0 amide bonds. The predicted molar refractivity (Wildman–Crippen MR) is 70.5 cm³/mol. The summed E-state index contributed by atoms with van der Waals surface area (Å²) in [5.41, 5.74) is 13.0. The quantitative estimate of drug-likeness (QED) is 0.712. The summed E-state index contributed by atoms with van der Waals surface area (Å²) in [7, 11) is 0.